The standard InChI is InChI=1S/C28H24F3N3O2.C24H23F3N4O2.C24H22F3N3O2/c29-20-8-4-5-17(14-20)13-19-9-11-22-26(28(36)32-24(16-35)18-6-2-1-3-7-18)33-34(27(19)22)25-12-10-21(30)15-23(25)31;25-17-3-1-2-15(13-17)12-16-4-6-19-22(24(32)29-30-8-10-33-11-9-30)28-31(23(16)19)21-7-5-18(26)14-20(21)27;25-17-3-1-2-15(13-17)12-16-4-6-19-22(24(31)29-8-10-32-11-9-29)28-30(23(16)19)21-7-5-18(26)14-20(21)27/h1-8,10,12,14-15,19,24,35H,9,11,13,16H2,(H,32,36);1-3,5,7,13-14,16H,4,6,8-12H2,(H,29,32);1-3,5,7,13-14,16H,4,6,8-12H2/t19?,24-;;/m1../s1. The molecule has 0 radical (unpaired) electrons. The first-order valence-electron chi connectivity index (χ1n) is 33.4. The highest BCUT2D eigenvalue weighted by atomic mass is 19.2. The van der Waals surface area contributed by atoms with Crippen LogP contribution in [0.15, 0.2) is 158 Å². The number of halogens is 9. The van der Waals surface area contributed by atoms with Gasteiger partial charge in [-0.25, -0.2) is 58.6 Å². The van der Waals surface area contributed by atoms with Crippen LogP contribution in [-0.4, -0.2) is 121 Å². The number of hydrogen-bond donors (Lipinski definition) is 3. The summed E-state index contributed by atoms with van der Waals surface area (Å²) in [6.45, 7) is 3.70. The number of benzene rings is 7. The lowest BCUT2D eigenvalue weighted by molar-refractivity contribution is 0.0124. The predicted molar refractivity (Wildman–Crippen MR) is 354 cm³/mol. The second kappa shape index (κ2) is 30.7. The molecule has 522 valence electrons. The van der Waals surface area contributed by atoms with Crippen molar-refractivity contribution in [2.24, 2.45) is 0 Å². The average molecular weight is 1390 g/mol. The summed E-state index contributed by atoms with van der Waals surface area (Å²) < 4.78 is 141. The van der Waals surface area contributed by atoms with E-state index in [0.29, 0.717) is 127 Å². The number of nitrogens with zero attached hydrogens (tertiary/aromatic N) is 8. The molecule has 5 heterocycles. The van der Waals surface area contributed by atoms with Crippen LogP contribution in [0.1, 0.15) is 131 Å². The fourth-order valence-corrected chi connectivity index (χ4v) is 14.2. The van der Waals surface area contributed by atoms with Crippen molar-refractivity contribution in [3.05, 3.63) is 283 Å². The number of ether oxygens (including phenoxy) is 2. The van der Waals surface area contributed by atoms with Crippen molar-refractivity contribution in [1.29, 1.82) is 0 Å². The minimum atomic E-state index is -0.804. The highest BCUT2D eigenvalue weighted by molar-refractivity contribution is 5.96. The summed E-state index contributed by atoms with van der Waals surface area (Å²) in [6, 6.07) is 37.2. The third-order valence-electron chi connectivity index (χ3n) is 18.9. The molecule has 2 fully saturated rings. The quantitative estimate of drug-likeness (QED) is 0.0790. The third-order valence-corrected chi connectivity index (χ3v) is 18.9. The Hall–Kier alpha value is -10.2. The summed E-state index contributed by atoms with van der Waals surface area (Å²) in [5.41, 5.74) is 11.1. The number of aliphatic hydroxyl groups excluding tert-OH is 1. The summed E-state index contributed by atoms with van der Waals surface area (Å²) >= 11 is 0. The van der Waals surface area contributed by atoms with Gasteiger partial charge in [0.15, 0.2) is 34.5 Å². The number of aromatic nitrogens is 6. The van der Waals surface area contributed by atoms with Crippen LogP contribution in [-0.2, 0) is 48.0 Å². The van der Waals surface area contributed by atoms with Gasteiger partial charge in [0.05, 0.1) is 56.2 Å². The van der Waals surface area contributed by atoms with Gasteiger partial charge in [-0.1, -0.05) is 66.7 Å². The van der Waals surface area contributed by atoms with Crippen molar-refractivity contribution < 1.29 is 68.5 Å². The van der Waals surface area contributed by atoms with Crippen molar-refractivity contribution in [1.82, 2.24) is 50.0 Å². The fourth-order valence-electron chi connectivity index (χ4n) is 14.2. The Kier molecular flexibility index (Phi) is 21.1. The van der Waals surface area contributed by atoms with E-state index in [-0.39, 0.29) is 82.1 Å². The average Bonchev–Trinajstić information content (AvgIpc) is 1.61. The van der Waals surface area contributed by atoms with E-state index in [1.165, 1.54) is 74.7 Å². The second-order valence-electron chi connectivity index (χ2n) is 25.4. The Morgan fingerprint density at radius 3 is 1.22 bits per heavy atom. The number of hydrazine groups is 1. The molecule has 7 aromatic carbocycles. The maximum Gasteiger partial charge on any atom is 0.286 e. The van der Waals surface area contributed by atoms with Crippen LogP contribution < -0.4 is 10.7 Å². The van der Waals surface area contributed by atoms with E-state index in [2.05, 4.69) is 26.0 Å². The number of amides is 3. The number of hydrogen-bond acceptors (Lipinski definition) is 10. The zero-order valence-electron chi connectivity index (χ0n) is 54.5. The van der Waals surface area contributed by atoms with Crippen molar-refractivity contribution in [2.75, 3.05) is 59.2 Å². The molecule has 3 amide bonds. The normalized spacial score (nSPS) is 17.2. The van der Waals surface area contributed by atoms with Gasteiger partial charge in [0.1, 0.15) is 52.0 Å². The summed E-state index contributed by atoms with van der Waals surface area (Å²) in [7, 11) is 0. The molecule has 3 aliphatic carbocycles. The van der Waals surface area contributed by atoms with Gasteiger partial charge in [-0.2, -0.15) is 15.3 Å². The van der Waals surface area contributed by atoms with E-state index < -0.39 is 46.9 Å². The third kappa shape index (κ3) is 15.4. The lowest BCUT2D eigenvalue weighted by Crippen LogP contribution is -2.48. The molecule has 0 spiro atoms. The first-order chi connectivity index (χ1) is 48.9. The van der Waals surface area contributed by atoms with Gasteiger partial charge in [0.25, 0.3) is 17.7 Å². The predicted octanol–water partition coefficient (Wildman–Crippen LogP) is 12.6. The van der Waals surface area contributed by atoms with E-state index in [9.17, 15) is 59.0 Å². The van der Waals surface area contributed by atoms with Crippen molar-refractivity contribution in [2.45, 2.75) is 81.6 Å². The number of fused-ring (bicyclic) bond motifs is 3. The topological polar surface area (TPSA) is 174 Å². The number of carbonyl (C=O) groups is 3. The van der Waals surface area contributed by atoms with Crippen LogP contribution in [0, 0.1) is 52.4 Å². The molecule has 3 aromatic heterocycles. The highest BCUT2D eigenvalue weighted by Gasteiger charge is 2.39. The number of carbonyl (C=O) groups excluding carboxylic acids is 3. The molecule has 4 atom stereocenters. The minimum absolute atomic E-state index is 0.0274. The van der Waals surface area contributed by atoms with E-state index >= 15 is 0 Å². The molecule has 3 unspecified atom stereocenters. The van der Waals surface area contributed by atoms with E-state index in [4.69, 9.17) is 9.47 Å². The lowest BCUT2D eigenvalue weighted by atomic mass is 9.97. The molecule has 25 heteroatoms. The Morgan fingerprint density at radius 1 is 0.446 bits per heavy atom. The number of nitrogens with one attached hydrogen (secondary N) is 2. The maximum absolute atomic E-state index is 14.8. The van der Waals surface area contributed by atoms with Crippen molar-refractivity contribution >= 4 is 17.7 Å². The molecule has 15 rings (SSSR count). The number of aliphatic hydroxyl groups is 1. The van der Waals surface area contributed by atoms with Gasteiger partial charge >= 0.3 is 0 Å². The smallest absolute Gasteiger partial charge is 0.286 e. The Labute approximate surface area is 574 Å². The van der Waals surface area contributed by atoms with Crippen LogP contribution in [0.4, 0.5) is 39.5 Å². The summed E-state index contributed by atoms with van der Waals surface area (Å²) in [4.78, 5) is 41.4. The molecule has 101 heavy (non-hydrogen) atoms. The molecule has 10 aromatic rings. The van der Waals surface area contributed by atoms with Crippen LogP contribution in [0.25, 0.3) is 17.1 Å². The summed E-state index contributed by atoms with van der Waals surface area (Å²) in [6.07, 6.45) is 5.36. The summed E-state index contributed by atoms with van der Waals surface area (Å²) in [5.74, 6) is -6.81. The van der Waals surface area contributed by atoms with Gasteiger partial charge in [-0.15, -0.1) is 0 Å². The van der Waals surface area contributed by atoms with Crippen LogP contribution >= 0.6 is 0 Å². The van der Waals surface area contributed by atoms with Gasteiger partial charge in [0, 0.05) is 78.8 Å². The Morgan fingerprint density at radius 2 is 0.822 bits per heavy atom. The Bertz CT molecular complexity index is 4690. The molecular weight excluding hydrogens is 1320 g/mol. The minimum Gasteiger partial charge on any atom is -0.394 e. The molecule has 16 nitrogen and oxygen atoms in total. The van der Waals surface area contributed by atoms with Gasteiger partial charge < -0.3 is 24.8 Å². The van der Waals surface area contributed by atoms with Gasteiger partial charge in [0.2, 0.25) is 0 Å². The largest absolute Gasteiger partial charge is 0.394 e. The number of rotatable bonds is 16. The molecule has 2 saturated heterocycles. The molecule has 2 aliphatic heterocycles. The highest BCUT2D eigenvalue weighted by Crippen LogP contribution is 2.43. The Balaban J connectivity index is 0.000000136. The van der Waals surface area contributed by atoms with Crippen LogP contribution in [0.5, 0.6) is 0 Å². The fraction of sp³-hybridized carbons (Fsp3) is 0.289. The maximum atomic E-state index is 14.8. The zero-order valence-corrected chi connectivity index (χ0v) is 54.5. The van der Waals surface area contributed by atoms with Crippen molar-refractivity contribution in [3.8, 4) is 17.1 Å². The van der Waals surface area contributed by atoms with Gasteiger partial charge in [-0.3, -0.25) is 19.8 Å². The molecule has 5 aliphatic rings. The first-order valence-corrected chi connectivity index (χ1v) is 33.4. The zero-order chi connectivity index (χ0) is 70.4. The first kappa shape index (κ1) is 69.3. The van der Waals surface area contributed by atoms with Crippen LogP contribution in [0.3, 0.4) is 0 Å². The summed E-state index contributed by atoms with van der Waals surface area (Å²) in [5, 5.41) is 28.0. The molecule has 3 N–H and O–H groups in total. The molecule has 0 saturated carbocycles. The monoisotopic (exact) mass is 1390 g/mol. The molecular formula is C76H69F9N10O6. The second-order valence-corrected chi connectivity index (χ2v) is 25.4. The van der Waals surface area contributed by atoms with Crippen molar-refractivity contribution in [3.63, 3.8) is 0 Å². The number of morpholine rings is 2. The van der Waals surface area contributed by atoms with E-state index in [1.807, 2.05) is 36.4 Å². The van der Waals surface area contributed by atoms with E-state index in [0.717, 1.165) is 75.8 Å². The van der Waals surface area contributed by atoms with E-state index in [1.54, 1.807) is 40.2 Å². The lowest BCUT2D eigenvalue weighted by Gasteiger charge is -2.26. The SMILES string of the molecule is O=C(NN1CCOCC1)c1nn(-c2ccc(F)cc2F)c2c1CCC2Cc1cccc(F)c1.O=C(N[C@H](CO)c1ccccc1)c1nn(-c2ccc(F)cc2F)c2c1CCC2Cc1cccc(F)c1.O=C(c1nn(-c2ccc(F)cc2F)c2c1CCC2Cc1cccc(F)c1)N1CCOCC1. The van der Waals surface area contributed by atoms with Crippen LogP contribution in [0.2, 0.25) is 0 Å². The molecule has 0 bridgehead atoms. The van der Waals surface area contributed by atoms with Gasteiger partial charge in [-0.05, 0) is 153 Å².